The van der Waals surface area contributed by atoms with Gasteiger partial charge in [-0.15, -0.1) is 5.10 Å². The molecule has 0 spiro atoms. The minimum absolute atomic E-state index is 0.0225. The molecule has 0 aliphatic heterocycles. The van der Waals surface area contributed by atoms with E-state index in [4.69, 9.17) is 4.74 Å². The van der Waals surface area contributed by atoms with Crippen LogP contribution in [0.2, 0.25) is 0 Å². The third kappa shape index (κ3) is 2.96. The molecule has 0 unspecified atom stereocenters. The van der Waals surface area contributed by atoms with Crippen LogP contribution in [0.15, 0.2) is 24.3 Å². The van der Waals surface area contributed by atoms with E-state index in [2.05, 4.69) is 10.3 Å². The van der Waals surface area contributed by atoms with Gasteiger partial charge in [0.15, 0.2) is 5.69 Å². The van der Waals surface area contributed by atoms with Crippen LogP contribution in [0.4, 0.5) is 0 Å². The average molecular weight is 275 g/mol. The van der Waals surface area contributed by atoms with E-state index in [0.717, 1.165) is 17.7 Å². The molecule has 0 bridgehead atoms. The number of nitrogens with zero attached hydrogens (tertiary/aromatic N) is 3. The van der Waals surface area contributed by atoms with Crippen molar-refractivity contribution in [3.05, 3.63) is 41.2 Å². The summed E-state index contributed by atoms with van der Waals surface area (Å²) in [6, 6.07) is 7.52. The van der Waals surface area contributed by atoms with E-state index in [-0.39, 0.29) is 5.69 Å². The molecule has 6 heteroatoms. The number of aryl methyl sites for hydroxylation is 1. The van der Waals surface area contributed by atoms with Gasteiger partial charge in [0.05, 0.1) is 12.8 Å². The van der Waals surface area contributed by atoms with Crippen LogP contribution in [0.1, 0.15) is 35.1 Å². The third-order valence-electron chi connectivity index (χ3n) is 3.01. The minimum Gasteiger partial charge on any atom is -0.497 e. The summed E-state index contributed by atoms with van der Waals surface area (Å²) >= 11 is 0. The standard InChI is InChI=1S/C14H17N3O3/c1-3-8-17-12(13(14(18)19)15-16-17)9-10-4-6-11(20-2)7-5-10/h4-7H,3,8-9H2,1-2H3,(H,18,19). The number of aromatic carboxylic acids is 1. The number of benzene rings is 1. The summed E-state index contributed by atoms with van der Waals surface area (Å²) < 4.78 is 6.77. The Morgan fingerprint density at radius 1 is 1.35 bits per heavy atom. The monoisotopic (exact) mass is 275 g/mol. The number of hydrogen-bond acceptors (Lipinski definition) is 4. The lowest BCUT2D eigenvalue weighted by molar-refractivity contribution is 0.0689. The fraction of sp³-hybridized carbons (Fsp3) is 0.357. The smallest absolute Gasteiger partial charge is 0.358 e. The predicted octanol–water partition coefficient (Wildman–Crippen LogP) is 1.99. The molecule has 0 amide bonds. The Morgan fingerprint density at radius 2 is 2.05 bits per heavy atom. The molecule has 20 heavy (non-hydrogen) atoms. The first kappa shape index (κ1) is 14.0. The van der Waals surface area contributed by atoms with Crippen molar-refractivity contribution in [3.63, 3.8) is 0 Å². The van der Waals surface area contributed by atoms with Gasteiger partial charge in [0.2, 0.25) is 0 Å². The van der Waals surface area contributed by atoms with Crippen molar-refractivity contribution in [1.82, 2.24) is 15.0 Å². The van der Waals surface area contributed by atoms with Gasteiger partial charge in [0.25, 0.3) is 0 Å². The van der Waals surface area contributed by atoms with Gasteiger partial charge >= 0.3 is 5.97 Å². The van der Waals surface area contributed by atoms with E-state index >= 15 is 0 Å². The Balaban J connectivity index is 2.30. The maximum absolute atomic E-state index is 11.2. The Hall–Kier alpha value is -2.37. The van der Waals surface area contributed by atoms with Crippen LogP contribution in [-0.4, -0.2) is 33.2 Å². The first-order valence-corrected chi connectivity index (χ1v) is 6.44. The quantitative estimate of drug-likeness (QED) is 0.872. The molecular formula is C14H17N3O3. The van der Waals surface area contributed by atoms with Crippen molar-refractivity contribution in [2.45, 2.75) is 26.3 Å². The molecule has 1 aromatic heterocycles. The van der Waals surface area contributed by atoms with Crippen LogP contribution < -0.4 is 4.74 Å². The molecule has 2 rings (SSSR count). The number of methoxy groups -OCH3 is 1. The van der Waals surface area contributed by atoms with Crippen LogP contribution in [0.5, 0.6) is 5.75 Å². The Labute approximate surface area is 117 Å². The van der Waals surface area contributed by atoms with Gasteiger partial charge in [-0.05, 0) is 24.1 Å². The molecule has 0 fully saturated rings. The Morgan fingerprint density at radius 3 is 2.60 bits per heavy atom. The lowest BCUT2D eigenvalue weighted by Gasteiger charge is -2.07. The van der Waals surface area contributed by atoms with Gasteiger partial charge in [0, 0.05) is 13.0 Å². The van der Waals surface area contributed by atoms with Gasteiger partial charge in [0.1, 0.15) is 5.75 Å². The van der Waals surface area contributed by atoms with Crippen molar-refractivity contribution in [2.75, 3.05) is 7.11 Å². The summed E-state index contributed by atoms with van der Waals surface area (Å²) in [6.07, 6.45) is 1.36. The van der Waals surface area contributed by atoms with Crippen molar-refractivity contribution in [1.29, 1.82) is 0 Å². The molecule has 1 heterocycles. The van der Waals surface area contributed by atoms with Gasteiger partial charge in [-0.25, -0.2) is 9.48 Å². The third-order valence-corrected chi connectivity index (χ3v) is 3.01. The molecule has 1 N–H and O–H groups in total. The number of carboxylic acid groups (broad SMARTS) is 1. The van der Waals surface area contributed by atoms with Crippen molar-refractivity contribution in [3.8, 4) is 5.75 Å². The zero-order valence-electron chi connectivity index (χ0n) is 11.5. The summed E-state index contributed by atoms with van der Waals surface area (Å²) in [5, 5.41) is 16.8. The fourth-order valence-corrected chi connectivity index (χ4v) is 2.00. The zero-order chi connectivity index (χ0) is 14.5. The number of rotatable bonds is 6. The summed E-state index contributed by atoms with van der Waals surface area (Å²) in [5.41, 5.74) is 1.65. The molecule has 106 valence electrons. The number of hydrogen-bond donors (Lipinski definition) is 1. The summed E-state index contributed by atoms with van der Waals surface area (Å²) in [5.74, 6) is -0.275. The normalized spacial score (nSPS) is 10.5. The molecule has 0 aliphatic carbocycles. The number of carbonyl (C=O) groups is 1. The van der Waals surface area contributed by atoms with E-state index in [1.165, 1.54) is 0 Å². The second kappa shape index (κ2) is 6.18. The fourth-order valence-electron chi connectivity index (χ4n) is 2.00. The molecule has 0 aliphatic rings. The summed E-state index contributed by atoms with van der Waals surface area (Å²) in [4.78, 5) is 11.2. The molecular weight excluding hydrogens is 258 g/mol. The van der Waals surface area contributed by atoms with Crippen LogP contribution in [-0.2, 0) is 13.0 Å². The summed E-state index contributed by atoms with van der Waals surface area (Å²) in [6.45, 7) is 2.67. The van der Waals surface area contributed by atoms with Crippen LogP contribution in [0.25, 0.3) is 0 Å². The average Bonchev–Trinajstić information content (AvgIpc) is 2.83. The zero-order valence-corrected chi connectivity index (χ0v) is 11.5. The highest BCUT2D eigenvalue weighted by Crippen LogP contribution is 2.16. The highest BCUT2D eigenvalue weighted by atomic mass is 16.5. The molecule has 0 atom stereocenters. The molecule has 0 saturated heterocycles. The second-order valence-corrected chi connectivity index (χ2v) is 4.44. The van der Waals surface area contributed by atoms with Crippen molar-refractivity contribution in [2.24, 2.45) is 0 Å². The summed E-state index contributed by atoms with van der Waals surface area (Å²) in [7, 11) is 1.61. The maximum atomic E-state index is 11.2. The Bertz CT molecular complexity index is 590. The SMILES string of the molecule is CCCn1nnc(C(=O)O)c1Cc1ccc(OC)cc1. The lowest BCUT2D eigenvalue weighted by atomic mass is 10.1. The van der Waals surface area contributed by atoms with Gasteiger partial charge < -0.3 is 9.84 Å². The number of aromatic nitrogens is 3. The topological polar surface area (TPSA) is 77.2 Å². The minimum atomic E-state index is -1.05. The highest BCUT2D eigenvalue weighted by molar-refractivity contribution is 5.86. The molecule has 6 nitrogen and oxygen atoms in total. The van der Waals surface area contributed by atoms with E-state index in [1.807, 2.05) is 31.2 Å². The van der Waals surface area contributed by atoms with Crippen molar-refractivity contribution >= 4 is 5.97 Å². The van der Waals surface area contributed by atoms with E-state index in [1.54, 1.807) is 11.8 Å². The van der Waals surface area contributed by atoms with E-state index < -0.39 is 5.97 Å². The lowest BCUT2D eigenvalue weighted by Crippen LogP contribution is -2.09. The van der Waals surface area contributed by atoms with Gasteiger partial charge in [-0.3, -0.25) is 0 Å². The first-order chi connectivity index (χ1) is 9.65. The largest absolute Gasteiger partial charge is 0.497 e. The molecule has 2 aromatic rings. The predicted molar refractivity (Wildman–Crippen MR) is 73.1 cm³/mol. The van der Waals surface area contributed by atoms with Gasteiger partial charge in [-0.1, -0.05) is 24.3 Å². The van der Waals surface area contributed by atoms with E-state index in [9.17, 15) is 9.90 Å². The number of carboxylic acids is 1. The van der Waals surface area contributed by atoms with Crippen LogP contribution >= 0.6 is 0 Å². The number of ether oxygens (including phenoxy) is 1. The molecule has 1 aromatic carbocycles. The highest BCUT2D eigenvalue weighted by Gasteiger charge is 2.18. The Kier molecular flexibility index (Phi) is 4.34. The first-order valence-electron chi connectivity index (χ1n) is 6.44. The molecule has 0 radical (unpaired) electrons. The van der Waals surface area contributed by atoms with Crippen LogP contribution in [0, 0.1) is 0 Å². The van der Waals surface area contributed by atoms with Crippen LogP contribution in [0.3, 0.4) is 0 Å². The van der Waals surface area contributed by atoms with E-state index in [0.29, 0.717) is 18.7 Å². The molecule has 0 saturated carbocycles. The maximum Gasteiger partial charge on any atom is 0.358 e. The van der Waals surface area contributed by atoms with Crippen molar-refractivity contribution < 1.29 is 14.6 Å². The second-order valence-electron chi connectivity index (χ2n) is 4.44. The van der Waals surface area contributed by atoms with Gasteiger partial charge in [-0.2, -0.15) is 0 Å².